The topological polar surface area (TPSA) is 41.9 Å². The fraction of sp³-hybridized carbons (Fsp3) is 0.211. The van der Waals surface area contributed by atoms with Crippen LogP contribution in [0.2, 0.25) is 0 Å². The molecule has 3 heterocycles. The first-order valence-electron chi connectivity index (χ1n) is 8.06. The van der Waals surface area contributed by atoms with Crippen LogP contribution in [-0.2, 0) is 12.8 Å². The minimum Gasteiger partial charge on any atom is -0.356 e. The number of fused-ring (bicyclic) bond motifs is 1. The number of hydrogen-bond donors (Lipinski definition) is 0. The zero-order valence-electron chi connectivity index (χ0n) is 13.2. The maximum Gasteiger partial charge on any atom is 0.128 e. The third-order valence-electron chi connectivity index (χ3n) is 4.36. The molecule has 0 atom stereocenters. The van der Waals surface area contributed by atoms with Crippen LogP contribution in [0.25, 0.3) is 11.3 Å². The van der Waals surface area contributed by atoms with Crippen LogP contribution in [0.5, 0.6) is 0 Å². The number of aromatic nitrogens is 3. The largest absolute Gasteiger partial charge is 0.356 e. The van der Waals surface area contributed by atoms with Crippen LogP contribution < -0.4 is 4.90 Å². The van der Waals surface area contributed by atoms with Crippen LogP contribution in [0.4, 0.5) is 10.2 Å². The summed E-state index contributed by atoms with van der Waals surface area (Å²) in [6.07, 6.45) is 5.04. The molecule has 4 nitrogen and oxygen atoms in total. The molecular formula is C19H17FN4. The van der Waals surface area contributed by atoms with Gasteiger partial charge in [0.1, 0.15) is 18.0 Å². The molecule has 1 aliphatic heterocycles. The molecule has 0 saturated heterocycles. The van der Waals surface area contributed by atoms with Gasteiger partial charge in [0.05, 0.1) is 5.69 Å². The summed E-state index contributed by atoms with van der Waals surface area (Å²) in [5.41, 5.74) is 3.80. The highest BCUT2D eigenvalue weighted by molar-refractivity contribution is 5.64. The predicted octanol–water partition coefficient (Wildman–Crippen LogP) is 3.28. The molecule has 0 aliphatic carbocycles. The number of pyridine rings is 1. The molecule has 5 heteroatoms. The zero-order valence-corrected chi connectivity index (χ0v) is 13.2. The van der Waals surface area contributed by atoms with E-state index in [-0.39, 0.29) is 5.82 Å². The van der Waals surface area contributed by atoms with E-state index >= 15 is 0 Å². The summed E-state index contributed by atoms with van der Waals surface area (Å²) in [4.78, 5) is 15.6. The van der Waals surface area contributed by atoms with E-state index in [0.29, 0.717) is 0 Å². The molecule has 0 unspecified atom stereocenters. The lowest BCUT2D eigenvalue weighted by Gasteiger charge is -2.20. The summed E-state index contributed by atoms with van der Waals surface area (Å²) in [5.74, 6) is 0.731. The van der Waals surface area contributed by atoms with E-state index in [9.17, 15) is 4.39 Å². The third-order valence-corrected chi connectivity index (χ3v) is 4.36. The maximum atomic E-state index is 13.6. The second-order valence-electron chi connectivity index (χ2n) is 5.83. The first-order valence-corrected chi connectivity index (χ1v) is 8.06. The Bertz CT molecular complexity index is 851. The average molecular weight is 320 g/mol. The van der Waals surface area contributed by atoms with Crippen molar-refractivity contribution in [3.63, 3.8) is 0 Å². The van der Waals surface area contributed by atoms with Crippen LogP contribution in [0.15, 0.2) is 55.0 Å². The second-order valence-corrected chi connectivity index (χ2v) is 5.83. The molecule has 0 N–H and O–H groups in total. The fourth-order valence-corrected chi connectivity index (χ4v) is 3.18. The summed E-state index contributed by atoms with van der Waals surface area (Å²) in [7, 11) is 0. The number of hydrogen-bond acceptors (Lipinski definition) is 4. The van der Waals surface area contributed by atoms with Crippen molar-refractivity contribution >= 4 is 5.82 Å². The van der Waals surface area contributed by atoms with Gasteiger partial charge in [-0.05, 0) is 30.7 Å². The standard InChI is InChI=1S/C19H17FN4/c20-15-5-3-4-14(12-15)19-16-7-10-24(18-6-1-2-9-21-18)11-8-17(16)22-13-23-19/h1-6,9,12-13H,7-8,10-11H2. The monoisotopic (exact) mass is 320 g/mol. The van der Waals surface area contributed by atoms with Crippen molar-refractivity contribution in [1.82, 2.24) is 15.0 Å². The molecule has 0 spiro atoms. The van der Waals surface area contributed by atoms with E-state index in [0.717, 1.165) is 54.3 Å². The molecule has 0 amide bonds. The maximum absolute atomic E-state index is 13.6. The van der Waals surface area contributed by atoms with Crippen LogP contribution >= 0.6 is 0 Å². The zero-order chi connectivity index (χ0) is 16.4. The number of anilines is 1. The quantitative estimate of drug-likeness (QED) is 0.727. The molecule has 24 heavy (non-hydrogen) atoms. The first kappa shape index (κ1) is 14.8. The first-order chi connectivity index (χ1) is 11.8. The molecule has 120 valence electrons. The number of benzene rings is 1. The molecule has 1 aromatic carbocycles. The van der Waals surface area contributed by atoms with E-state index in [1.54, 1.807) is 12.4 Å². The van der Waals surface area contributed by atoms with E-state index in [2.05, 4.69) is 19.9 Å². The normalized spacial score (nSPS) is 14.1. The summed E-state index contributed by atoms with van der Waals surface area (Å²) in [6.45, 7) is 1.71. The van der Waals surface area contributed by atoms with Gasteiger partial charge >= 0.3 is 0 Å². The Morgan fingerprint density at radius 1 is 0.917 bits per heavy atom. The smallest absolute Gasteiger partial charge is 0.128 e. The Labute approximate surface area is 140 Å². The minimum absolute atomic E-state index is 0.247. The molecule has 2 aromatic heterocycles. The van der Waals surface area contributed by atoms with Crippen molar-refractivity contribution in [3.05, 3.63) is 72.1 Å². The number of nitrogens with zero attached hydrogens (tertiary/aromatic N) is 4. The van der Waals surface area contributed by atoms with Gasteiger partial charge in [-0.15, -0.1) is 0 Å². The van der Waals surface area contributed by atoms with Crippen molar-refractivity contribution in [1.29, 1.82) is 0 Å². The number of halogens is 1. The van der Waals surface area contributed by atoms with Gasteiger partial charge in [-0.25, -0.2) is 19.3 Å². The van der Waals surface area contributed by atoms with Crippen LogP contribution in [0, 0.1) is 5.82 Å². The van der Waals surface area contributed by atoms with Crippen molar-refractivity contribution in [3.8, 4) is 11.3 Å². The lowest BCUT2D eigenvalue weighted by atomic mass is 10.0. The van der Waals surface area contributed by atoms with Crippen LogP contribution in [0.3, 0.4) is 0 Å². The van der Waals surface area contributed by atoms with E-state index in [4.69, 9.17) is 0 Å². The SMILES string of the molecule is Fc1cccc(-c2ncnc3c2CCN(c2ccccn2)CC3)c1. The van der Waals surface area contributed by atoms with Crippen LogP contribution in [-0.4, -0.2) is 28.0 Å². The molecular weight excluding hydrogens is 303 g/mol. The predicted molar refractivity (Wildman–Crippen MR) is 91.3 cm³/mol. The van der Waals surface area contributed by atoms with E-state index < -0.39 is 0 Å². The Hall–Kier alpha value is -2.82. The molecule has 4 rings (SSSR count). The van der Waals surface area contributed by atoms with Gasteiger partial charge in [-0.1, -0.05) is 18.2 Å². The third kappa shape index (κ3) is 2.85. The molecule has 0 radical (unpaired) electrons. The lowest BCUT2D eigenvalue weighted by molar-refractivity contribution is 0.628. The molecule has 0 bridgehead atoms. The molecule has 0 saturated carbocycles. The van der Waals surface area contributed by atoms with Crippen LogP contribution in [0.1, 0.15) is 11.3 Å². The summed E-state index contributed by atoms with van der Waals surface area (Å²) in [6, 6.07) is 12.5. The Kier molecular flexibility index (Phi) is 3.91. The molecule has 0 fully saturated rings. The molecule has 3 aromatic rings. The van der Waals surface area contributed by atoms with Gasteiger partial charge < -0.3 is 4.90 Å². The second kappa shape index (κ2) is 6.35. The Morgan fingerprint density at radius 2 is 1.83 bits per heavy atom. The highest BCUT2D eigenvalue weighted by Gasteiger charge is 2.20. The van der Waals surface area contributed by atoms with E-state index in [1.165, 1.54) is 12.1 Å². The summed E-state index contributed by atoms with van der Waals surface area (Å²) in [5, 5.41) is 0. The van der Waals surface area contributed by atoms with Crippen molar-refractivity contribution in [2.45, 2.75) is 12.8 Å². The average Bonchev–Trinajstić information content (AvgIpc) is 2.85. The van der Waals surface area contributed by atoms with Gasteiger partial charge in [0, 0.05) is 42.5 Å². The fourth-order valence-electron chi connectivity index (χ4n) is 3.18. The summed E-state index contributed by atoms with van der Waals surface area (Å²) < 4.78 is 13.6. The van der Waals surface area contributed by atoms with Gasteiger partial charge in [0.2, 0.25) is 0 Å². The Balaban J connectivity index is 1.68. The lowest BCUT2D eigenvalue weighted by Crippen LogP contribution is -2.26. The van der Waals surface area contributed by atoms with Crippen molar-refractivity contribution < 1.29 is 4.39 Å². The van der Waals surface area contributed by atoms with Crippen molar-refractivity contribution in [2.24, 2.45) is 0 Å². The Morgan fingerprint density at radius 3 is 2.67 bits per heavy atom. The summed E-state index contributed by atoms with van der Waals surface area (Å²) >= 11 is 0. The van der Waals surface area contributed by atoms with Gasteiger partial charge in [-0.2, -0.15) is 0 Å². The highest BCUT2D eigenvalue weighted by Crippen LogP contribution is 2.27. The number of rotatable bonds is 2. The van der Waals surface area contributed by atoms with Gasteiger partial charge in [0.25, 0.3) is 0 Å². The van der Waals surface area contributed by atoms with E-state index in [1.807, 2.05) is 30.5 Å². The van der Waals surface area contributed by atoms with Crippen molar-refractivity contribution in [2.75, 3.05) is 18.0 Å². The van der Waals surface area contributed by atoms with Gasteiger partial charge in [0.15, 0.2) is 0 Å². The minimum atomic E-state index is -0.247. The highest BCUT2D eigenvalue weighted by atomic mass is 19.1. The van der Waals surface area contributed by atoms with Gasteiger partial charge in [-0.3, -0.25) is 0 Å². The molecule has 1 aliphatic rings.